The zero-order valence-electron chi connectivity index (χ0n) is 10.8. The van der Waals surface area contributed by atoms with Crippen molar-refractivity contribution < 1.29 is 12.8 Å². The van der Waals surface area contributed by atoms with Crippen molar-refractivity contribution in [1.29, 1.82) is 0 Å². The minimum absolute atomic E-state index is 0.00509. The molecule has 1 aliphatic rings. The van der Waals surface area contributed by atoms with E-state index in [0.717, 1.165) is 37.5 Å². The lowest BCUT2D eigenvalue weighted by molar-refractivity contribution is 0.599. The molecule has 4 nitrogen and oxygen atoms in total. The van der Waals surface area contributed by atoms with Crippen LogP contribution in [-0.2, 0) is 9.84 Å². The van der Waals surface area contributed by atoms with Gasteiger partial charge in [-0.25, -0.2) is 17.8 Å². The predicted molar refractivity (Wildman–Crippen MR) is 72.4 cm³/mol. The third-order valence-electron chi connectivity index (χ3n) is 3.17. The van der Waals surface area contributed by atoms with Crippen LogP contribution in [0.3, 0.4) is 0 Å². The van der Waals surface area contributed by atoms with E-state index in [1.807, 2.05) is 0 Å². The van der Waals surface area contributed by atoms with Crippen LogP contribution < -0.4 is 5.32 Å². The summed E-state index contributed by atoms with van der Waals surface area (Å²) in [4.78, 5) is 4.06. The van der Waals surface area contributed by atoms with E-state index in [-0.39, 0.29) is 23.1 Å². The number of hydrogen-bond donors (Lipinski definition) is 1. The monoisotopic (exact) mass is 284 g/mol. The first-order valence-corrected chi connectivity index (χ1v) is 8.13. The standard InChI is InChI=1S/C13H17FN2O2S/c1-19(17,18)12-7-4-8-15-13(12)16-9-11(14)10-5-2-3-6-10/h4,7-8H,2-3,5-6,9H2,1H3,(H,15,16). The van der Waals surface area contributed by atoms with Crippen molar-refractivity contribution in [3.05, 3.63) is 29.7 Å². The normalized spacial score (nSPS) is 15.6. The first-order valence-electron chi connectivity index (χ1n) is 6.24. The molecule has 1 heterocycles. The van der Waals surface area contributed by atoms with Crippen LogP contribution in [0.4, 0.5) is 10.2 Å². The van der Waals surface area contributed by atoms with Gasteiger partial charge in [0.15, 0.2) is 9.84 Å². The topological polar surface area (TPSA) is 59.1 Å². The maximum absolute atomic E-state index is 13.9. The number of allylic oxidation sites excluding steroid dienone is 1. The molecule has 104 valence electrons. The summed E-state index contributed by atoms with van der Waals surface area (Å²) in [5.41, 5.74) is 0.837. The zero-order valence-corrected chi connectivity index (χ0v) is 11.6. The van der Waals surface area contributed by atoms with Gasteiger partial charge in [-0.3, -0.25) is 0 Å². The Morgan fingerprint density at radius 2 is 2.11 bits per heavy atom. The highest BCUT2D eigenvalue weighted by molar-refractivity contribution is 7.90. The molecule has 0 atom stereocenters. The summed E-state index contributed by atoms with van der Waals surface area (Å²) in [6.07, 6.45) is 6.25. The summed E-state index contributed by atoms with van der Waals surface area (Å²) in [5, 5.41) is 2.77. The van der Waals surface area contributed by atoms with Crippen molar-refractivity contribution in [2.45, 2.75) is 30.6 Å². The molecule has 0 saturated heterocycles. The van der Waals surface area contributed by atoms with Gasteiger partial charge < -0.3 is 5.32 Å². The van der Waals surface area contributed by atoms with Gasteiger partial charge >= 0.3 is 0 Å². The molecule has 0 bridgehead atoms. The van der Waals surface area contributed by atoms with E-state index in [1.54, 1.807) is 6.07 Å². The summed E-state index contributed by atoms with van der Waals surface area (Å²) in [6, 6.07) is 3.01. The molecule has 0 aromatic carbocycles. The molecule has 1 aromatic rings. The largest absolute Gasteiger partial charge is 0.363 e. The van der Waals surface area contributed by atoms with Crippen molar-refractivity contribution in [3.63, 3.8) is 0 Å². The first kappa shape index (κ1) is 14.0. The van der Waals surface area contributed by atoms with Gasteiger partial charge in [0.2, 0.25) is 0 Å². The first-order chi connectivity index (χ1) is 8.98. The molecule has 0 radical (unpaired) electrons. The third-order valence-corrected chi connectivity index (χ3v) is 4.30. The van der Waals surface area contributed by atoms with Crippen molar-refractivity contribution in [3.8, 4) is 0 Å². The van der Waals surface area contributed by atoms with Crippen molar-refractivity contribution in [1.82, 2.24) is 4.98 Å². The van der Waals surface area contributed by atoms with Gasteiger partial charge in [-0.2, -0.15) is 0 Å². The van der Waals surface area contributed by atoms with Gasteiger partial charge in [-0.15, -0.1) is 0 Å². The summed E-state index contributed by atoms with van der Waals surface area (Å²) in [5.74, 6) is 0.0151. The molecule has 1 aromatic heterocycles. The Hall–Kier alpha value is -1.43. The Morgan fingerprint density at radius 3 is 2.74 bits per heavy atom. The van der Waals surface area contributed by atoms with E-state index >= 15 is 0 Å². The zero-order chi connectivity index (χ0) is 13.9. The Morgan fingerprint density at radius 1 is 1.42 bits per heavy atom. The average Bonchev–Trinajstić information content (AvgIpc) is 2.89. The molecule has 1 aliphatic carbocycles. The van der Waals surface area contributed by atoms with Crippen molar-refractivity contribution in [2.75, 3.05) is 18.1 Å². The molecule has 1 saturated carbocycles. The minimum Gasteiger partial charge on any atom is -0.363 e. The van der Waals surface area contributed by atoms with Gasteiger partial charge in [0.05, 0.1) is 6.54 Å². The fraction of sp³-hybridized carbons (Fsp3) is 0.462. The van der Waals surface area contributed by atoms with Crippen LogP contribution in [0, 0.1) is 0 Å². The van der Waals surface area contributed by atoms with Crippen LogP contribution in [0.25, 0.3) is 0 Å². The fourth-order valence-corrected chi connectivity index (χ4v) is 2.98. The highest BCUT2D eigenvalue weighted by atomic mass is 32.2. The van der Waals surface area contributed by atoms with Crippen LogP contribution in [0.5, 0.6) is 0 Å². The van der Waals surface area contributed by atoms with E-state index in [4.69, 9.17) is 0 Å². The smallest absolute Gasteiger partial charge is 0.179 e. The molecule has 1 fully saturated rings. The van der Waals surface area contributed by atoms with Crippen LogP contribution in [0.2, 0.25) is 0 Å². The quantitative estimate of drug-likeness (QED) is 0.923. The Bertz CT molecular complexity index is 588. The second kappa shape index (κ2) is 5.69. The maximum atomic E-state index is 13.9. The molecular formula is C13H17FN2O2S. The molecule has 19 heavy (non-hydrogen) atoms. The summed E-state index contributed by atoms with van der Waals surface area (Å²) >= 11 is 0. The number of hydrogen-bond acceptors (Lipinski definition) is 4. The molecule has 0 unspecified atom stereocenters. The van der Waals surface area contributed by atoms with E-state index < -0.39 is 9.84 Å². The number of nitrogens with one attached hydrogen (secondary N) is 1. The maximum Gasteiger partial charge on any atom is 0.179 e. The van der Waals surface area contributed by atoms with Crippen LogP contribution in [-0.4, -0.2) is 26.2 Å². The van der Waals surface area contributed by atoms with E-state index in [1.165, 1.54) is 12.3 Å². The summed E-state index contributed by atoms with van der Waals surface area (Å²) in [7, 11) is -3.36. The Balaban J connectivity index is 2.14. The van der Waals surface area contributed by atoms with Gasteiger partial charge in [-0.05, 0) is 43.4 Å². The van der Waals surface area contributed by atoms with E-state index in [9.17, 15) is 12.8 Å². The number of rotatable bonds is 4. The lowest BCUT2D eigenvalue weighted by Crippen LogP contribution is -2.10. The van der Waals surface area contributed by atoms with Crippen LogP contribution in [0.1, 0.15) is 25.7 Å². The van der Waals surface area contributed by atoms with Crippen molar-refractivity contribution in [2.24, 2.45) is 0 Å². The number of aromatic nitrogens is 1. The highest BCUT2D eigenvalue weighted by Gasteiger charge is 2.16. The molecule has 0 spiro atoms. The van der Waals surface area contributed by atoms with Crippen LogP contribution in [0.15, 0.2) is 34.6 Å². The Labute approximate surface area is 112 Å². The molecule has 2 rings (SSSR count). The number of sulfone groups is 1. The summed E-state index contributed by atoms with van der Waals surface area (Å²) < 4.78 is 37.0. The van der Waals surface area contributed by atoms with Gasteiger partial charge in [0.25, 0.3) is 0 Å². The molecule has 0 amide bonds. The number of nitrogens with zero attached hydrogens (tertiary/aromatic N) is 1. The summed E-state index contributed by atoms with van der Waals surface area (Å²) in [6.45, 7) is -0.00509. The predicted octanol–water partition coefficient (Wildman–Crippen LogP) is 2.69. The van der Waals surface area contributed by atoms with Gasteiger partial charge in [0.1, 0.15) is 16.5 Å². The second-order valence-corrected chi connectivity index (χ2v) is 6.68. The van der Waals surface area contributed by atoms with E-state index in [2.05, 4.69) is 10.3 Å². The lowest BCUT2D eigenvalue weighted by atomic mass is 10.2. The Kier molecular flexibility index (Phi) is 4.19. The van der Waals surface area contributed by atoms with Crippen LogP contribution >= 0.6 is 0 Å². The number of pyridine rings is 1. The molecule has 0 aliphatic heterocycles. The van der Waals surface area contributed by atoms with Crippen molar-refractivity contribution >= 4 is 15.7 Å². The average molecular weight is 284 g/mol. The van der Waals surface area contributed by atoms with Gasteiger partial charge in [0, 0.05) is 12.5 Å². The SMILES string of the molecule is CS(=O)(=O)c1cccnc1NCC(F)=C1CCCC1. The highest BCUT2D eigenvalue weighted by Crippen LogP contribution is 2.28. The molecule has 6 heteroatoms. The minimum atomic E-state index is -3.36. The van der Waals surface area contributed by atoms with Gasteiger partial charge in [-0.1, -0.05) is 0 Å². The third kappa shape index (κ3) is 3.53. The fourth-order valence-electron chi connectivity index (χ4n) is 2.18. The lowest BCUT2D eigenvalue weighted by Gasteiger charge is -2.09. The number of anilines is 1. The molecular weight excluding hydrogens is 267 g/mol. The number of halogens is 1. The molecule has 1 N–H and O–H groups in total. The van der Waals surface area contributed by atoms with E-state index in [0.29, 0.717) is 0 Å². The second-order valence-electron chi connectivity index (χ2n) is 4.69.